The fourth-order valence-corrected chi connectivity index (χ4v) is 2.92. The van der Waals surface area contributed by atoms with Gasteiger partial charge < -0.3 is 0 Å². The third-order valence-corrected chi connectivity index (χ3v) is 3.45. The van der Waals surface area contributed by atoms with E-state index < -0.39 is 41.0 Å². The van der Waals surface area contributed by atoms with Crippen molar-refractivity contribution in [2.24, 2.45) is 0 Å². The van der Waals surface area contributed by atoms with E-state index in [1.807, 2.05) is 0 Å². The molecule has 0 rings (SSSR count). The van der Waals surface area contributed by atoms with Crippen molar-refractivity contribution in [3.05, 3.63) is 0 Å². The van der Waals surface area contributed by atoms with E-state index in [0.29, 0.717) is 0 Å². The van der Waals surface area contributed by atoms with Crippen molar-refractivity contribution in [3.63, 3.8) is 0 Å². The van der Waals surface area contributed by atoms with Crippen LogP contribution in [0.4, 0.5) is 26.3 Å². The second-order valence-corrected chi connectivity index (χ2v) is 5.14. The molecule has 0 saturated carbocycles. The van der Waals surface area contributed by atoms with Crippen molar-refractivity contribution >= 4 is 23.9 Å². The third-order valence-electron chi connectivity index (χ3n) is 1.63. The molecule has 0 fully saturated rings. The molecule has 0 unspecified atom stereocenters. The molecular weight excluding hydrogens is 276 g/mol. The number of halogens is 6. The van der Waals surface area contributed by atoms with E-state index in [4.69, 9.17) is 0 Å². The summed E-state index contributed by atoms with van der Waals surface area (Å²) < 4.78 is 72.6. The second-order valence-electron chi connectivity index (χ2n) is 2.83. The van der Waals surface area contributed by atoms with E-state index in [-0.39, 0.29) is 16.6 Å². The first-order valence-electron chi connectivity index (χ1n) is 4.40. The number of hydrogen-bond acceptors (Lipinski definition) is 3. The lowest BCUT2D eigenvalue weighted by atomic mass is 10.2. The zero-order valence-electron chi connectivity index (χ0n) is 8.52. The number of nitrogens with zero attached hydrogens (tertiary/aromatic N) is 1. The molecule has 0 atom stereocenters. The Morgan fingerprint density at radius 1 is 0.875 bits per heavy atom. The molecule has 0 spiro atoms. The van der Waals surface area contributed by atoms with Crippen LogP contribution in [0.3, 0.4) is 0 Å². The van der Waals surface area contributed by atoms with Gasteiger partial charge in [-0.2, -0.15) is 30.1 Å². The van der Waals surface area contributed by atoms with Crippen molar-refractivity contribution in [1.29, 1.82) is 0 Å². The standard InChI is InChI=1S/C7H11F6NS2/c1-3-5(4-2)14(15-6(8,9)10)16-7(11,12)13/h5H,3-4H2,1-2H3. The third kappa shape index (κ3) is 7.50. The summed E-state index contributed by atoms with van der Waals surface area (Å²) in [6.45, 7) is 3.10. The predicted octanol–water partition coefficient (Wildman–Crippen LogP) is 4.81. The summed E-state index contributed by atoms with van der Waals surface area (Å²) in [5, 5.41) is 0. The van der Waals surface area contributed by atoms with Gasteiger partial charge in [-0.25, -0.2) is 0 Å². The van der Waals surface area contributed by atoms with Crippen LogP contribution in [0.5, 0.6) is 0 Å². The number of hydrogen-bond donors (Lipinski definition) is 0. The molecular formula is C7H11F6NS2. The molecule has 0 amide bonds. The summed E-state index contributed by atoms with van der Waals surface area (Å²) in [4.78, 5) is 0. The minimum absolute atomic E-state index is 0.225. The van der Waals surface area contributed by atoms with Gasteiger partial charge in [-0.05, 0) is 12.8 Å². The first-order chi connectivity index (χ1) is 7.09. The molecule has 0 radical (unpaired) electrons. The molecule has 0 saturated heterocycles. The molecule has 0 aromatic heterocycles. The fourth-order valence-electron chi connectivity index (χ4n) is 0.959. The van der Waals surface area contributed by atoms with Crippen molar-refractivity contribution in [2.75, 3.05) is 0 Å². The van der Waals surface area contributed by atoms with Crippen molar-refractivity contribution in [1.82, 2.24) is 3.71 Å². The maximum absolute atomic E-state index is 12.1. The van der Waals surface area contributed by atoms with Gasteiger partial charge in [0.2, 0.25) is 0 Å². The van der Waals surface area contributed by atoms with Crippen molar-refractivity contribution < 1.29 is 26.3 Å². The Kier molecular flexibility index (Phi) is 6.34. The molecule has 0 aliphatic heterocycles. The predicted molar refractivity (Wildman–Crippen MR) is 53.5 cm³/mol. The fraction of sp³-hybridized carbons (Fsp3) is 1.00. The Labute approximate surface area is 98.2 Å². The van der Waals surface area contributed by atoms with Crippen LogP contribution in [0.2, 0.25) is 0 Å². The minimum atomic E-state index is -4.71. The normalized spacial score (nSPS) is 13.9. The van der Waals surface area contributed by atoms with Gasteiger partial charge in [0.25, 0.3) is 0 Å². The highest BCUT2D eigenvalue weighted by Gasteiger charge is 2.41. The summed E-state index contributed by atoms with van der Waals surface area (Å²) >= 11 is -1.48. The van der Waals surface area contributed by atoms with Crippen LogP contribution >= 0.6 is 23.9 Å². The quantitative estimate of drug-likeness (QED) is 0.527. The first kappa shape index (κ1) is 16.2. The molecule has 0 bridgehead atoms. The van der Waals surface area contributed by atoms with E-state index >= 15 is 0 Å². The molecule has 1 nitrogen and oxygen atoms in total. The van der Waals surface area contributed by atoms with Crippen LogP contribution in [-0.4, -0.2) is 20.8 Å². The lowest BCUT2D eigenvalue weighted by molar-refractivity contribution is -0.0392. The smallest absolute Gasteiger partial charge is 0.176 e. The first-order valence-corrected chi connectivity index (χ1v) is 5.94. The maximum atomic E-state index is 12.1. The van der Waals surface area contributed by atoms with E-state index in [9.17, 15) is 26.3 Å². The molecule has 0 aromatic rings. The monoisotopic (exact) mass is 287 g/mol. The molecule has 0 aromatic carbocycles. The summed E-state index contributed by atoms with van der Waals surface area (Å²) in [6, 6.07) is -0.766. The summed E-state index contributed by atoms with van der Waals surface area (Å²) in [7, 11) is 0. The lowest BCUT2D eigenvalue weighted by Crippen LogP contribution is -2.28. The molecule has 16 heavy (non-hydrogen) atoms. The van der Waals surface area contributed by atoms with E-state index in [2.05, 4.69) is 0 Å². The zero-order valence-corrected chi connectivity index (χ0v) is 10.2. The highest BCUT2D eigenvalue weighted by atomic mass is 32.2. The van der Waals surface area contributed by atoms with Crippen LogP contribution in [0.15, 0.2) is 0 Å². The lowest BCUT2D eigenvalue weighted by Gasteiger charge is -2.28. The zero-order chi connectivity index (χ0) is 13.0. The van der Waals surface area contributed by atoms with E-state index in [1.165, 1.54) is 0 Å². The van der Waals surface area contributed by atoms with Crippen molar-refractivity contribution in [2.45, 2.75) is 43.7 Å². The Balaban J connectivity index is 4.62. The van der Waals surface area contributed by atoms with Gasteiger partial charge in [-0.3, -0.25) is 0 Å². The van der Waals surface area contributed by atoms with Gasteiger partial charge in [0.1, 0.15) is 0 Å². The van der Waals surface area contributed by atoms with E-state index in [1.54, 1.807) is 13.8 Å². The Bertz CT molecular complexity index is 184. The Morgan fingerprint density at radius 2 is 1.19 bits per heavy atom. The number of rotatable bonds is 5. The van der Waals surface area contributed by atoms with Crippen LogP contribution in [0, 0.1) is 0 Å². The average molecular weight is 287 g/mol. The Morgan fingerprint density at radius 3 is 1.38 bits per heavy atom. The molecule has 0 N–H and O–H groups in total. The van der Waals surface area contributed by atoms with Crippen LogP contribution in [0.1, 0.15) is 26.7 Å². The van der Waals surface area contributed by atoms with Crippen LogP contribution < -0.4 is 0 Å². The van der Waals surface area contributed by atoms with Crippen molar-refractivity contribution in [3.8, 4) is 0 Å². The van der Waals surface area contributed by atoms with Gasteiger partial charge in [0.05, 0.1) is 0 Å². The van der Waals surface area contributed by atoms with Crippen LogP contribution in [0.25, 0.3) is 0 Å². The van der Waals surface area contributed by atoms with Gasteiger partial charge in [-0.15, -0.1) is 0 Å². The topological polar surface area (TPSA) is 3.24 Å². The highest BCUT2D eigenvalue weighted by Crippen LogP contribution is 2.45. The molecule has 9 heteroatoms. The van der Waals surface area contributed by atoms with Gasteiger partial charge in [-0.1, -0.05) is 13.8 Å². The second kappa shape index (κ2) is 6.25. The summed E-state index contributed by atoms with van der Waals surface area (Å²) in [6.07, 6.45) is 0.450. The highest BCUT2D eigenvalue weighted by molar-refractivity contribution is 8.12. The van der Waals surface area contributed by atoms with Gasteiger partial charge in [0.15, 0.2) is 0 Å². The summed E-state index contributed by atoms with van der Waals surface area (Å²) in [5.74, 6) is 0. The number of alkyl halides is 6. The minimum Gasteiger partial charge on any atom is -0.176 e. The summed E-state index contributed by atoms with van der Waals surface area (Å²) in [5.41, 5.74) is -9.41. The molecule has 0 aliphatic rings. The maximum Gasteiger partial charge on any atom is 0.457 e. The molecule has 0 aliphatic carbocycles. The van der Waals surface area contributed by atoms with Crippen LogP contribution in [-0.2, 0) is 0 Å². The molecule has 0 heterocycles. The Hall–Kier alpha value is 0.240. The van der Waals surface area contributed by atoms with Gasteiger partial charge >= 0.3 is 11.0 Å². The largest absolute Gasteiger partial charge is 0.457 e. The van der Waals surface area contributed by atoms with Gasteiger partial charge in [0, 0.05) is 29.9 Å². The average Bonchev–Trinajstić information content (AvgIpc) is 1.99. The molecule has 98 valence electrons. The van der Waals surface area contributed by atoms with E-state index in [0.717, 1.165) is 0 Å². The SMILES string of the molecule is CCC(CC)N(SC(F)(F)F)SC(F)(F)F.